The van der Waals surface area contributed by atoms with Gasteiger partial charge in [-0.1, -0.05) is 48.5 Å². The fourth-order valence-electron chi connectivity index (χ4n) is 4.07. The molecule has 3 rings (SSSR count). The van der Waals surface area contributed by atoms with E-state index in [1.165, 1.54) is 0 Å². The molecule has 0 aliphatic rings. The van der Waals surface area contributed by atoms with E-state index in [1.807, 2.05) is 59.3 Å². The standard InChI is InChI=1S/C26H33N3O/c1-5-27(6-2)24-20-29(22-17-13-10-14-18-22)26(30)23(25(24)28(7-3)8-4)19-21-15-11-9-12-16-21/h9-18,20H,5-8,19H2,1-4H3. The van der Waals surface area contributed by atoms with Crippen molar-refractivity contribution in [2.75, 3.05) is 36.0 Å². The predicted octanol–water partition coefficient (Wildman–Crippen LogP) is 5.12. The Hall–Kier alpha value is -3.01. The highest BCUT2D eigenvalue weighted by Gasteiger charge is 2.23. The van der Waals surface area contributed by atoms with E-state index < -0.39 is 0 Å². The zero-order valence-electron chi connectivity index (χ0n) is 18.6. The average Bonchev–Trinajstić information content (AvgIpc) is 2.79. The van der Waals surface area contributed by atoms with Gasteiger partial charge in [-0.25, -0.2) is 0 Å². The largest absolute Gasteiger partial charge is 0.370 e. The summed E-state index contributed by atoms with van der Waals surface area (Å²) in [7, 11) is 0. The van der Waals surface area contributed by atoms with E-state index in [4.69, 9.17) is 0 Å². The van der Waals surface area contributed by atoms with Crippen LogP contribution in [-0.4, -0.2) is 30.7 Å². The van der Waals surface area contributed by atoms with E-state index >= 15 is 0 Å². The summed E-state index contributed by atoms with van der Waals surface area (Å²) in [6.45, 7) is 12.2. The van der Waals surface area contributed by atoms with Gasteiger partial charge in [-0.15, -0.1) is 0 Å². The summed E-state index contributed by atoms with van der Waals surface area (Å²) in [4.78, 5) is 18.5. The third-order valence-corrected chi connectivity index (χ3v) is 5.70. The van der Waals surface area contributed by atoms with Gasteiger partial charge in [0.15, 0.2) is 0 Å². The lowest BCUT2D eigenvalue weighted by molar-refractivity contribution is 0.806. The van der Waals surface area contributed by atoms with Crippen LogP contribution in [0.25, 0.3) is 5.69 Å². The van der Waals surface area contributed by atoms with Gasteiger partial charge in [-0.2, -0.15) is 0 Å². The first-order valence-corrected chi connectivity index (χ1v) is 11.0. The Bertz CT molecular complexity index is 988. The first-order valence-electron chi connectivity index (χ1n) is 11.0. The molecule has 0 saturated carbocycles. The molecule has 1 aromatic heterocycles. The summed E-state index contributed by atoms with van der Waals surface area (Å²) in [6.07, 6.45) is 2.65. The summed E-state index contributed by atoms with van der Waals surface area (Å²) in [5, 5.41) is 0. The van der Waals surface area contributed by atoms with Crippen molar-refractivity contribution in [3.63, 3.8) is 0 Å². The van der Waals surface area contributed by atoms with Crippen LogP contribution in [0, 0.1) is 0 Å². The van der Waals surface area contributed by atoms with Gasteiger partial charge < -0.3 is 9.80 Å². The Morgan fingerprint density at radius 1 is 0.733 bits per heavy atom. The lowest BCUT2D eigenvalue weighted by Gasteiger charge is -2.33. The Balaban J connectivity index is 2.34. The highest BCUT2D eigenvalue weighted by atomic mass is 16.1. The van der Waals surface area contributed by atoms with E-state index in [0.717, 1.165) is 54.4 Å². The molecule has 0 N–H and O–H groups in total. The van der Waals surface area contributed by atoms with Crippen molar-refractivity contribution < 1.29 is 0 Å². The molecular formula is C26H33N3O. The number of benzene rings is 2. The molecule has 0 bridgehead atoms. The minimum Gasteiger partial charge on any atom is -0.370 e. The van der Waals surface area contributed by atoms with Gasteiger partial charge in [-0.05, 0) is 45.4 Å². The fourth-order valence-corrected chi connectivity index (χ4v) is 4.07. The Morgan fingerprint density at radius 2 is 1.27 bits per heavy atom. The van der Waals surface area contributed by atoms with Gasteiger partial charge in [0.2, 0.25) is 0 Å². The van der Waals surface area contributed by atoms with Crippen LogP contribution >= 0.6 is 0 Å². The van der Waals surface area contributed by atoms with Crippen LogP contribution in [0.5, 0.6) is 0 Å². The molecule has 4 heteroatoms. The first kappa shape index (κ1) is 21.7. The smallest absolute Gasteiger partial charge is 0.260 e. The second kappa shape index (κ2) is 10.1. The van der Waals surface area contributed by atoms with Crippen LogP contribution in [0.15, 0.2) is 71.7 Å². The van der Waals surface area contributed by atoms with Crippen molar-refractivity contribution in [1.82, 2.24) is 4.57 Å². The number of aromatic nitrogens is 1. The zero-order valence-corrected chi connectivity index (χ0v) is 18.6. The molecule has 0 radical (unpaired) electrons. The number of rotatable bonds is 9. The molecule has 4 nitrogen and oxygen atoms in total. The molecule has 0 spiro atoms. The number of nitrogens with zero attached hydrogens (tertiary/aromatic N) is 3. The summed E-state index contributed by atoms with van der Waals surface area (Å²) >= 11 is 0. The Labute approximate surface area is 180 Å². The van der Waals surface area contributed by atoms with E-state index in [1.54, 1.807) is 0 Å². The van der Waals surface area contributed by atoms with E-state index in [9.17, 15) is 4.79 Å². The number of hydrogen-bond donors (Lipinski definition) is 0. The number of para-hydroxylation sites is 1. The normalized spacial score (nSPS) is 10.8. The molecule has 0 unspecified atom stereocenters. The van der Waals surface area contributed by atoms with Crippen LogP contribution in [-0.2, 0) is 6.42 Å². The van der Waals surface area contributed by atoms with Crippen LogP contribution < -0.4 is 15.4 Å². The van der Waals surface area contributed by atoms with Crippen LogP contribution in [0.3, 0.4) is 0 Å². The van der Waals surface area contributed by atoms with Gasteiger partial charge in [0.25, 0.3) is 5.56 Å². The lowest BCUT2D eigenvalue weighted by Crippen LogP contribution is -2.34. The van der Waals surface area contributed by atoms with Gasteiger partial charge in [-0.3, -0.25) is 9.36 Å². The molecule has 0 aliphatic heterocycles. The van der Waals surface area contributed by atoms with Gasteiger partial charge in [0.1, 0.15) is 0 Å². The van der Waals surface area contributed by atoms with Crippen LogP contribution in [0.1, 0.15) is 38.8 Å². The summed E-state index contributed by atoms with van der Waals surface area (Å²) in [5.41, 5.74) is 5.17. The van der Waals surface area contributed by atoms with Gasteiger partial charge >= 0.3 is 0 Å². The van der Waals surface area contributed by atoms with Crippen LogP contribution in [0.2, 0.25) is 0 Å². The molecule has 0 fully saturated rings. The molecule has 0 aliphatic carbocycles. The van der Waals surface area contributed by atoms with Crippen molar-refractivity contribution in [3.8, 4) is 5.69 Å². The monoisotopic (exact) mass is 403 g/mol. The van der Waals surface area contributed by atoms with Crippen molar-refractivity contribution in [2.45, 2.75) is 34.1 Å². The molecule has 1 heterocycles. The maximum atomic E-state index is 13.8. The highest BCUT2D eigenvalue weighted by Crippen LogP contribution is 2.33. The quantitative estimate of drug-likeness (QED) is 0.496. The highest BCUT2D eigenvalue weighted by molar-refractivity contribution is 5.75. The summed E-state index contributed by atoms with van der Waals surface area (Å²) in [5.74, 6) is 0. The van der Waals surface area contributed by atoms with Crippen molar-refractivity contribution >= 4 is 11.4 Å². The molecule has 30 heavy (non-hydrogen) atoms. The summed E-state index contributed by atoms with van der Waals surface area (Å²) < 4.78 is 1.82. The van der Waals surface area contributed by atoms with Crippen molar-refractivity contribution in [1.29, 1.82) is 0 Å². The maximum absolute atomic E-state index is 13.8. The van der Waals surface area contributed by atoms with Crippen molar-refractivity contribution in [2.24, 2.45) is 0 Å². The number of anilines is 2. The number of hydrogen-bond acceptors (Lipinski definition) is 3. The minimum absolute atomic E-state index is 0.0582. The Morgan fingerprint density at radius 3 is 1.80 bits per heavy atom. The van der Waals surface area contributed by atoms with Gasteiger partial charge in [0.05, 0.1) is 11.4 Å². The second-order valence-electron chi connectivity index (χ2n) is 7.36. The van der Waals surface area contributed by atoms with Gasteiger partial charge in [0, 0.05) is 50.0 Å². The van der Waals surface area contributed by atoms with E-state index in [-0.39, 0.29) is 5.56 Å². The molecule has 0 amide bonds. The van der Waals surface area contributed by atoms with Crippen molar-refractivity contribution in [3.05, 3.63) is 88.3 Å². The third-order valence-electron chi connectivity index (χ3n) is 5.70. The fraction of sp³-hybridized carbons (Fsp3) is 0.346. The molecule has 158 valence electrons. The summed E-state index contributed by atoms with van der Waals surface area (Å²) in [6, 6.07) is 20.2. The maximum Gasteiger partial charge on any atom is 0.260 e. The third kappa shape index (κ3) is 4.43. The molecular weight excluding hydrogens is 370 g/mol. The topological polar surface area (TPSA) is 28.5 Å². The first-order chi connectivity index (χ1) is 14.6. The number of pyridine rings is 1. The van der Waals surface area contributed by atoms with Crippen LogP contribution in [0.4, 0.5) is 11.4 Å². The minimum atomic E-state index is 0.0582. The molecule has 3 aromatic rings. The second-order valence-corrected chi connectivity index (χ2v) is 7.36. The lowest BCUT2D eigenvalue weighted by atomic mass is 10.0. The molecule has 0 atom stereocenters. The average molecular weight is 404 g/mol. The predicted molar refractivity (Wildman–Crippen MR) is 128 cm³/mol. The molecule has 2 aromatic carbocycles. The Kier molecular flexibility index (Phi) is 7.34. The zero-order chi connectivity index (χ0) is 21.5. The van der Waals surface area contributed by atoms with E-state index in [0.29, 0.717) is 6.42 Å². The SMILES string of the molecule is CCN(CC)c1cn(-c2ccccc2)c(=O)c(Cc2ccccc2)c1N(CC)CC. The molecule has 0 saturated heterocycles. The van der Waals surface area contributed by atoms with E-state index in [2.05, 4.69) is 49.6 Å².